The molecule has 1 unspecified atom stereocenters. The summed E-state index contributed by atoms with van der Waals surface area (Å²) in [7, 11) is -3.95. The van der Waals surface area contributed by atoms with Crippen LogP contribution in [0.2, 0.25) is 0 Å². The van der Waals surface area contributed by atoms with Gasteiger partial charge in [-0.05, 0) is 12.8 Å². The number of rotatable bonds is 20. The van der Waals surface area contributed by atoms with Crippen LogP contribution >= 0.6 is 0 Å². The van der Waals surface area contributed by atoms with Gasteiger partial charge in [-0.25, -0.2) is 0 Å². The molecular weight excluding hydrogens is 348 g/mol. The Hall–Kier alpha value is -0.130. The lowest BCUT2D eigenvalue weighted by Crippen LogP contribution is -2.24. The van der Waals surface area contributed by atoms with Gasteiger partial charge in [-0.2, -0.15) is 8.42 Å². The minimum Gasteiger partial charge on any atom is -0.377 e. The van der Waals surface area contributed by atoms with Crippen molar-refractivity contribution in [1.29, 1.82) is 0 Å². The lowest BCUT2D eigenvalue weighted by molar-refractivity contribution is 0.0600. The number of ether oxygens (including phenoxy) is 1. The second-order valence-electron chi connectivity index (χ2n) is 7.63. The predicted molar refractivity (Wildman–Crippen MR) is 111 cm³/mol. The smallest absolute Gasteiger partial charge is 0.267 e. The zero-order valence-electron chi connectivity index (χ0n) is 17.4. The largest absolute Gasteiger partial charge is 0.377 e. The SMILES string of the molecule is CCCCCCCCCCCCCCCCC(CS(=O)(=O)O)OCCC. The normalized spacial score (nSPS) is 13.2. The number of hydrogen-bond acceptors (Lipinski definition) is 3. The molecule has 4 nitrogen and oxygen atoms in total. The van der Waals surface area contributed by atoms with Crippen LogP contribution in [-0.2, 0) is 14.9 Å². The van der Waals surface area contributed by atoms with Gasteiger partial charge in [0.15, 0.2) is 0 Å². The minimum absolute atomic E-state index is 0.272. The van der Waals surface area contributed by atoms with E-state index in [-0.39, 0.29) is 11.9 Å². The topological polar surface area (TPSA) is 63.6 Å². The molecule has 0 aliphatic rings. The molecule has 0 rings (SSSR count). The van der Waals surface area contributed by atoms with Crippen LogP contribution in [0.3, 0.4) is 0 Å². The molecule has 0 aromatic carbocycles. The van der Waals surface area contributed by atoms with Crippen LogP contribution in [0.15, 0.2) is 0 Å². The monoisotopic (exact) mass is 392 g/mol. The Balaban J connectivity index is 3.44. The van der Waals surface area contributed by atoms with E-state index in [2.05, 4.69) is 6.92 Å². The third-order valence-corrected chi connectivity index (χ3v) is 5.63. The van der Waals surface area contributed by atoms with Crippen LogP contribution in [0.4, 0.5) is 0 Å². The molecular formula is C21H44O4S. The molecule has 0 aliphatic carbocycles. The molecule has 0 radical (unpaired) electrons. The first-order chi connectivity index (χ1) is 12.5. The zero-order valence-corrected chi connectivity index (χ0v) is 18.2. The highest BCUT2D eigenvalue weighted by molar-refractivity contribution is 7.85. The summed E-state index contributed by atoms with van der Waals surface area (Å²) in [5, 5.41) is 0. The van der Waals surface area contributed by atoms with Crippen molar-refractivity contribution in [3.63, 3.8) is 0 Å². The molecule has 0 fully saturated rings. The fraction of sp³-hybridized carbons (Fsp3) is 1.00. The highest BCUT2D eigenvalue weighted by atomic mass is 32.2. The Morgan fingerprint density at radius 3 is 1.50 bits per heavy atom. The molecule has 0 aromatic rings. The molecule has 26 heavy (non-hydrogen) atoms. The second kappa shape index (κ2) is 18.2. The molecule has 0 aliphatic heterocycles. The van der Waals surface area contributed by atoms with Crippen LogP contribution in [0, 0.1) is 0 Å². The van der Waals surface area contributed by atoms with Crippen LogP contribution in [0.25, 0.3) is 0 Å². The van der Waals surface area contributed by atoms with Crippen molar-refractivity contribution in [2.24, 2.45) is 0 Å². The molecule has 0 saturated heterocycles. The molecule has 0 spiro atoms. The maximum Gasteiger partial charge on any atom is 0.267 e. The first kappa shape index (κ1) is 25.9. The summed E-state index contributed by atoms with van der Waals surface area (Å²) in [6.07, 6.45) is 19.6. The van der Waals surface area contributed by atoms with E-state index in [9.17, 15) is 8.42 Å². The third-order valence-electron chi connectivity index (χ3n) is 4.83. The lowest BCUT2D eigenvalue weighted by atomic mass is 10.0. The van der Waals surface area contributed by atoms with E-state index >= 15 is 0 Å². The van der Waals surface area contributed by atoms with Gasteiger partial charge in [0, 0.05) is 6.61 Å². The Morgan fingerprint density at radius 1 is 0.692 bits per heavy atom. The van der Waals surface area contributed by atoms with Crippen LogP contribution < -0.4 is 0 Å². The van der Waals surface area contributed by atoms with Crippen molar-refractivity contribution in [2.45, 2.75) is 123 Å². The van der Waals surface area contributed by atoms with Crippen molar-refractivity contribution in [1.82, 2.24) is 0 Å². The standard InChI is InChI=1S/C21H44O4S/c1-3-5-6-7-8-9-10-11-12-13-14-15-16-17-18-21(25-19-4-2)20-26(22,23)24/h21H,3-20H2,1-2H3,(H,22,23,24). The summed E-state index contributed by atoms with van der Waals surface area (Å²) in [6.45, 7) is 4.81. The summed E-state index contributed by atoms with van der Waals surface area (Å²) in [5.41, 5.74) is 0. The first-order valence-electron chi connectivity index (χ1n) is 11.1. The fourth-order valence-electron chi connectivity index (χ4n) is 3.30. The van der Waals surface area contributed by atoms with E-state index in [1.165, 1.54) is 77.0 Å². The quantitative estimate of drug-likeness (QED) is 0.189. The molecule has 1 atom stereocenters. The zero-order chi connectivity index (χ0) is 19.5. The van der Waals surface area contributed by atoms with Crippen LogP contribution in [-0.4, -0.2) is 31.4 Å². The Bertz CT molecular complexity index is 381. The highest BCUT2D eigenvalue weighted by Gasteiger charge is 2.16. The van der Waals surface area contributed by atoms with E-state index in [0.717, 1.165) is 25.7 Å². The summed E-state index contributed by atoms with van der Waals surface area (Å²) in [6, 6.07) is 0. The Kier molecular flexibility index (Phi) is 18.2. The van der Waals surface area contributed by atoms with Gasteiger partial charge in [-0.15, -0.1) is 0 Å². The van der Waals surface area contributed by atoms with Gasteiger partial charge in [-0.1, -0.05) is 104 Å². The molecule has 158 valence electrons. The van der Waals surface area contributed by atoms with Crippen molar-refractivity contribution >= 4 is 10.1 Å². The first-order valence-corrected chi connectivity index (χ1v) is 12.7. The highest BCUT2D eigenvalue weighted by Crippen LogP contribution is 2.15. The molecule has 0 amide bonds. The van der Waals surface area contributed by atoms with Gasteiger partial charge in [0.1, 0.15) is 5.75 Å². The van der Waals surface area contributed by atoms with Gasteiger partial charge >= 0.3 is 0 Å². The van der Waals surface area contributed by atoms with Crippen molar-refractivity contribution in [3.8, 4) is 0 Å². The number of unbranched alkanes of at least 4 members (excludes halogenated alkanes) is 13. The van der Waals surface area contributed by atoms with Gasteiger partial charge in [0.2, 0.25) is 0 Å². The van der Waals surface area contributed by atoms with Gasteiger partial charge in [0.25, 0.3) is 10.1 Å². The summed E-state index contributed by atoms with van der Waals surface area (Å²) in [5.74, 6) is -0.272. The average molecular weight is 393 g/mol. The summed E-state index contributed by atoms with van der Waals surface area (Å²) < 4.78 is 36.6. The van der Waals surface area contributed by atoms with E-state index < -0.39 is 10.1 Å². The summed E-state index contributed by atoms with van der Waals surface area (Å²) in [4.78, 5) is 0. The van der Waals surface area contributed by atoms with E-state index in [1.54, 1.807) is 0 Å². The molecule has 5 heteroatoms. The average Bonchev–Trinajstić information content (AvgIpc) is 2.58. The molecule has 0 saturated carbocycles. The fourth-order valence-corrected chi connectivity index (χ4v) is 4.03. The van der Waals surface area contributed by atoms with Crippen molar-refractivity contribution < 1.29 is 17.7 Å². The van der Waals surface area contributed by atoms with Crippen molar-refractivity contribution in [3.05, 3.63) is 0 Å². The lowest BCUT2D eigenvalue weighted by Gasteiger charge is -2.16. The minimum atomic E-state index is -3.95. The van der Waals surface area contributed by atoms with Crippen LogP contribution in [0.1, 0.15) is 117 Å². The van der Waals surface area contributed by atoms with E-state index in [0.29, 0.717) is 6.61 Å². The maximum atomic E-state index is 11.0. The molecule has 0 heterocycles. The van der Waals surface area contributed by atoms with Gasteiger partial charge < -0.3 is 4.74 Å². The van der Waals surface area contributed by atoms with Gasteiger partial charge in [-0.3, -0.25) is 4.55 Å². The molecule has 0 bridgehead atoms. The van der Waals surface area contributed by atoms with Crippen molar-refractivity contribution in [2.75, 3.05) is 12.4 Å². The second-order valence-corrected chi connectivity index (χ2v) is 9.12. The van der Waals surface area contributed by atoms with E-state index in [4.69, 9.17) is 9.29 Å². The molecule has 0 aromatic heterocycles. The third kappa shape index (κ3) is 20.2. The van der Waals surface area contributed by atoms with E-state index in [1.807, 2.05) is 6.92 Å². The molecule has 1 N–H and O–H groups in total. The predicted octanol–water partition coefficient (Wildman–Crippen LogP) is 6.54. The maximum absolute atomic E-state index is 11.0. The Labute approximate surface area is 163 Å². The van der Waals surface area contributed by atoms with Crippen LogP contribution in [0.5, 0.6) is 0 Å². The summed E-state index contributed by atoms with van der Waals surface area (Å²) >= 11 is 0. The number of hydrogen-bond donors (Lipinski definition) is 1. The van der Waals surface area contributed by atoms with Gasteiger partial charge in [0.05, 0.1) is 6.10 Å². The Morgan fingerprint density at radius 2 is 1.12 bits per heavy atom.